The first kappa shape index (κ1) is 11.8. The van der Waals surface area contributed by atoms with Gasteiger partial charge in [0.25, 0.3) is 0 Å². The van der Waals surface area contributed by atoms with E-state index >= 15 is 0 Å². The molecule has 0 fully saturated rings. The van der Waals surface area contributed by atoms with Crippen molar-refractivity contribution in [3.8, 4) is 0 Å². The summed E-state index contributed by atoms with van der Waals surface area (Å²) in [5.41, 5.74) is 10.0. The van der Waals surface area contributed by atoms with Gasteiger partial charge in [0.2, 0.25) is 0 Å². The summed E-state index contributed by atoms with van der Waals surface area (Å²) in [6.45, 7) is 2.01. The minimum atomic E-state index is 0.396. The molecule has 2 aromatic rings. The van der Waals surface area contributed by atoms with Gasteiger partial charge in [0.1, 0.15) is 5.82 Å². The number of fused-ring (bicyclic) bond motifs is 1. The summed E-state index contributed by atoms with van der Waals surface area (Å²) in [5.74, 6) is 0.806. The maximum absolute atomic E-state index is 6.07. The molecule has 2 N–H and O–H groups in total. The molecule has 0 amide bonds. The molecule has 18 heavy (non-hydrogen) atoms. The quantitative estimate of drug-likeness (QED) is 0.879. The summed E-state index contributed by atoms with van der Waals surface area (Å²) in [6, 6.07) is 6.94. The Balaban J connectivity index is 1.91. The molecule has 0 saturated carbocycles. The number of aryl methyl sites for hydroxylation is 2. The number of hydrogen-bond donors (Lipinski definition) is 1. The molecular weight excluding hydrogens is 290 g/mol. The monoisotopic (exact) mass is 305 g/mol. The van der Waals surface area contributed by atoms with E-state index in [9.17, 15) is 0 Å². The number of anilines is 1. The number of benzene rings is 1. The molecule has 0 spiro atoms. The van der Waals surface area contributed by atoms with Gasteiger partial charge in [0.15, 0.2) is 0 Å². The SMILES string of the molecule is Cc1cnn(C2CCc3cc(Br)ccc3C2)c1N. The lowest BCUT2D eigenvalue weighted by atomic mass is 9.88. The van der Waals surface area contributed by atoms with Crippen LogP contribution in [0.5, 0.6) is 0 Å². The van der Waals surface area contributed by atoms with Crippen LogP contribution in [0.4, 0.5) is 5.82 Å². The van der Waals surface area contributed by atoms with Crippen LogP contribution >= 0.6 is 15.9 Å². The summed E-state index contributed by atoms with van der Waals surface area (Å²) >= 11 is 3.53. The van der Waals surface area contributed by atoms with E-state index in [-0.39, 0.29) is 0 Å². The fraction of sp³-hybridized carbons (Fsp3) is 0.357. The van der Waals surface area contributed by atoms with Crippen LogP contribution in [0.25, 0.3) is 0 Å². The van der Waals surface area contributed by atoms with Crippen LogP contribution in [-0.2, 0) is 12.8 Å². The number of rotatable bonds is 1. The highest BCUT2D eigenvalue weighted by Crippen LogP contribution is 2.32. The summed E-state index contributed by atoms with van der Waals surface area (Å²) in [6.07, 6.45) is 5.08. The minimum Gasteiger partial charge on any atom is -0.384 e. The first-order valence-electron chi connectivity index (χ1n) is 6.22. The number of nitrogens with two attached hydrogens (primary N) is 1. The van der Waals surface area contributed by atoms with E-state index in [0.29, 0.717) is 6.04 Å². The molecule has 94 valence electrons. The molecule has 1 aromatic carbocycles. The van der Waals surface area contributed by atoms with E-state index in [1.165, 1.54) is 11.1 Å². The molecule has 3 nitrogen and oxygen atoms in total. The zero-order valence-electron chi connectivity index (χ0n) is 10.4. The Kier molecular flexibility index (Phi) is 2.90. The topological polar surface area (TPSA) is 43.8 Å². The molecule has 0 bridgehead atoms. The van der Waals surface area contributed by atoms with Crippen LogP contribution < -0.4 is 5.73 Å². The van der Waals surface area contributed by atoms with Crippen LogP contribution in [0.15, 0.2) is 28.9 Å². The van der Waals surface area contributed by atoms with Crippen LogP contribution in [-0.4, -0.2) is 9.78 Å². The molecule has 1 unspecified atom stereocenters. The fourth-order valence-electron chi connectivity index (χ4n) is 2.66. The van der Waals surface area contributed by atoms with E-state index in [1.54, 1.807) is 0 Å². The van der Waals surface area contributed by atoms with Gasteiger partial charge in [0, 0.05) is 10.0 Å². The first-order valence-corrected chi connectivity index (χ1v) is 7.01. The fourth-order valence-corrected chi connectivity index (χ4v) is 3.07. The Morgan fingerprint density at radius 2 is 2.22 bits per heavy atom. The van der Waals surface area contributed by atoms with Crippen molar-refractivity contribution in [3.05, 3.63) is 45.6 Å². The molecule has 1 aliphatic rings. The van der Waals surface area contributed by atoms with Crippen molar-refractivity contribution in [2.75, 3.05) is 5.73 Å². The molecule has 0 radical (unpaired) electrons. The molecular formula is C14H16BrN3. The van der Waals surface area contributed by atoms with E-state index < -0.39 is 0 Å². The average molecular weight is 306 g/mol. The van der Waals surface area contributed by atoms with Crippen molar-refractivity contribution < 1.29 is 0 Å². The summed E-state index contributed by atoms with van der Waals surface area (Å²) < 4.78 is 3.15. The number of hydrogen-bond acceptors (Lipinski definition) is 2. The molecule has 1 atom stereocenters. The van der Waals surface area contributed by atoms with Crippen molar-refractivity contribution in [2.24, 2.45) is 0 Å². The molecule has 4 heteroatoms. The largest absolute Gasteiger partial charge is 0.384 e. The number of aromatic nitrogens is 2. The second kappa shape index (κ2) is 4.43. The molecule has 3 rings (SSSR count). The molecule has 0 aliphatic heterocycles. The van der Waals surface area contributed by atoms with Gasteiger partial charge in [0.05, 0.1) is 12.2 Å². The van der Waals surface area contributed by atoms with Gasteiger partial charge in [-0.1, -0.05) is 22.0 Å². The Morgan fingerprint density at radius 1 is 1.39 bits per heavy atom. The van der Waals surface area contributed by atoms with Gasteiger partial charge >= 0.3 is 0 Å². The van der Waals surface area contributed by atoms with Crippen molar-refractivity contribution in [1.82, 2.24) is 9.78 Å². The Hall–Kier alpha value is -1.29. The third-order valence-electron chi connectivity index (χ3n) is 3.74. The lowest BCUT2D eigenvalue weighted by Crippen LogP contribution is -2.21. The third-order valence-corrected chi connectivity index (χ3v) is 4.24. The predicted octanol–water partition coefficient (Wildman–Crippen LogP) is 3.27. The highest BCUT2D eigenvalue weighted by Gasteiger charge is 2.22. The van der Waals surface area contributed by atoms with E-state index in [2.05, 4.69) is 39.2 Å². The van der Waals surface area contributed by atoms with Gasteiger partial charge in [-0.3, -0.25) is 0 Å². The van der Waals surface area contributed by atoms with Crippen molar-refractivity contribution in [3.63, 3.8) is 0 Å². The van der Waals surface area contributed by atoms with Crippen molar-refractivity contribution in [1.29, 1.82) is 0 Å². The second-order valence-electron chi connectivity index (χ2n) is 4.97. The van der Waals surface area contributed by atoms with Crippen LogP contribution in [0, 0.1) is 6.92 Å². The van der Waals surface area contributed by atoms with E-state index in [0.717, 1.165) is 35.1 Å². The van der Waals surface area contributed by atoms with Crippen molar-refractivity contribution >= 4 is 21.7 Å². The minimum absolute atomic E-state index is 0.396. The third kappa shape index (κ3) is 1.94. The van der Waals surface area contributed by atoms with Crippen LogP contribution in [0.1, 0.15) is 29.2 Å². The smallest absolute Gasteiger partial charge is 0.124 e. The summed E-state index contributed by atoms with van der Waals surface area (Å²) in [5, 5.41) is 4.41. The highest BCUT2D eigenvalue weighted by molar-refractivity contribution is 9.10. The molecule has 1 heterocycles. The summed E-state index contributed by atoms with van der Waals surface area (Å²) in [4.78, 5) is 0. The van der Waals surface area contributed by atoms with E-state index in [4.69, 9.17) is 5.73 Å². The Labute approximate surface area is 115 Å². The molecule has 1 aliphatic carbocycles. The van der Waals surface area contributed by atoms with Gasteiger partial charge in [-0.05, 0) is 49.4 Å². The van der Waals surface area contributed by atoms with Gasteiger partial charge in [-0.25, -0.2) is 4.68 Å². The van der Waals surface area contributed by atoms with Crippen LogP contribution in [0.2, 0.25) is 0 Å². The average Bonchev–Trinajstić information content (AvgIpc) is 2.69. The Bertz CT molecular complexity index is 589. The highest BCUT2D eigenvalue weighted by atomic mass is 79.9. The van der Waals surface area contributed by atoms with Crippen LogP contribution in [0.3, 0.4) is 0 Å². The summed E-state index contributed by atoms with van der Waals surface area (Å²) in [7, 11) is 0. The zero-order chi connectivity index (χ0) is 12.7. The molecule has 0 saturated heterocycles. The van der Waals surface area contributed by atoms with Crippen molar-refractivity contribution in [2.45, 2.75) is 32.2 Å². The molecule has 1 aromatic heterocycles. The maximum Gasteiger partial charge on any atom is 0.124 e. The second-order valence-corrected chi connectivity index (χ2v) is 5.88. The number of halogens is 1. The van der Waals surface area contributed by atoms with E-state index in [1.807, 2.05) is 17.8 Å². The Morgan fingerprint density at radius 3 is 2.94 bits per heavy atom. The van der Waals surface area contributed by atoms with Gasteiger partial charge < -0.3 is 5.73 Å². The lowest BCUT2D eigenvalue weighted by molar-refractivity contribution is 0.410. The van der Waals surface area contributed by atoms with Gasteiger partial charge in [-0.15, -0.1) is 0 Å². The zero-order valence-corrected chi connectivity index (χ0v) is 11.9. The van der Waals surface area contributed by atoms with Gasteiger partial charge in [-0.2, -0.15) is 5.10 Å². The predicted molar refractivity (Wildman–Crippen MR) is 76.6 cm³/mol. The lowest BCUT2D eigenvalue weighted by Gasteiger charge is -2.26. The normalized spacial score (nSPS) is 18.7. The first-order chi connectivity index (χ1) is 8.65. The maximum atomic E-state index is 6.07. The number of nitrogens with zero attached hydrogens (tertiary/aromatic N) is 2. The standard InChI is InChI=1S/C14H16BrN3/c1-9-8-17-18(14(9)16)13-5-3-10-6-12(15)4-2-11(10)7-13/h2,4,6,8,13H,3,5,7,16H2,1H3. The number of nitrogen functional groups attached to an aromatic ring is 1.